The molecule has 0 saturated carbocycles. The third kappa shape index (κ3) is 4.34. The van der Waals surface area contributed by atoms with Gasteiger partial charge in [-0.25, -0.2) is 9.69 Å². The summed E-state index contributed by atoms with van der Waals surface area (Å²) in [7, 11) is 1.43. The first kappa shape index (κ1) is 25.8. The van der Waals surface area contributed by atoms with E-state index < -0.39 is 23.3 Å². The number of phenols is 1. The third-order valence-corrected chi connectivity index (χ3v) is 8.28. The van der Waals surface area contributed by atoms with Crippen LogP contribution in [0.5, 0.6) is 11.5 Å². The predicted molar refractivity (Wildman–Crippen MR) is 146 cm³/mol. The van der Waals surface area contributed by atoms with Gasteiger partial charge in [-0.2, -0.15) is 0 Å². The van der Waals surface area contributed by atoms with Gasteiger partial charge in [0.15, 0.2) is 11.5 Å². The second kappa shape index (κ2) is 9.95. The molecule has 40 heavy (non-hydrogen) atoms. The number of rotatable bonds is 6. The molecule has 4 heterocycles. The number of benzene rings is 2. The number of imide groups is 2. The molecule has 3 aliphatic rings. The Morgan fingerprint density at radius 2 is 1.77 bits per heavy atom. The van der Waals surface area contributed by atoms with Crippen molar-refractivity contribution in [1.29, 1.82) is 0 Å². The van der Waals surface area contributed by atoms with Crippen LogP contribution in [0.2, 0.25) is 0 Å². The monoisotopic (exact) mass is 542 g/mol. The molecule has 3 aliphatic heterocycles. The Labute approximate surface area is 230 Å². The number of amides is 4. The lowest BCUT2D eigenvalue weighted by Crippen LogP contribution is -2.68. The molecule has 0 unspecified atom stereocenters. The van der Waals surface area contributed by atoms with Gasteiger partial charge in [0.05, 0.1) is 12.8 Å². The van der Waals surface area contributed by atoms with Crippen molar-refractivity contribution in [1.82, 2.24) is 14.8 Å². The van der Waals surface area contributed by atoms with Gasteiger partial charge in [-0.1, -0.05) is 30.3 Å². The van der Waals surface area contributed by atoms with Gasteiger partial charge in [-0.05, 0) is 54.7 Å². The number of barbiturate groups is 1. The number of pyridine rings is 1. The Morgan fingerprint density at radius 1 is 0.975 bits per heavy atom. The lowest BCUT2D eigenvalue weighted by molar-refractivity contribution is -0.144. The van der Waals surface area contributed by atoms with E-state index in [4.69, 9.17) is 4.74 Å². The number of nitrogens with zero attached hydrogens (tertiary/aromatic N) is 3. The number of para-hydroxylation sites is 1. The molecule has 1 aromatic heterocycles. The summed E-state index contributed by atoms with van der Waals surface area (Å²) in [5.74, 6) is -0.826. The van der Waals surface area contributed by atoms with Crippen molar-refractivity contribution in [2.45, 2.75) is 25.3 Å². The van der Waals surface area contributed by atoms with E-state index in [1.54, 1.807) is 54.6 Å². The number of urea groups is 1. The van der Waals surface area contributed by atoms with Crippen LogP contribution in [0.15, 0.2) is 71.5 Å². The molecule has 2 bridgehead atoms. The molecule has 4 amide bonds. The van der Waals surface area contributed by atoms with Gasteiger partial charge in [-0.15, -0.1) is 0 Å². The van der Waals surface area contributed by atoms with E-state index in [2.05, 4.69) is 10.2 Å². The van der Waals surface area contributed by atoms with E-state index in [1.807, 2.05) is 10.6 Å². The summed E-state index contributed by atoms with van der Waals surface area (Å²) in [5, 5.41) is 12.6. The molecule has 3 aromatic rings. The molecule has 0 radical (unpaired) electrons. The SMILES string of the molecule is COc1cc(C[C@]2(CN3C[C@@H]4C[C@H](C3)c3cccc(=O)n3C4)C(=O)NC(=O)N(c3ccccc3)C2=O)ccc1O. The molecule has 6 rings (SSSR count). The van der Waals surface area contributed by atoms with Gasteiger partial charge in [0.1, 0.15) is 5.41 Å². The summed E-state index contributed by atoms with van der Waals surface area (Å²) in [6.45, 7) is 1.85. The number of aromatic nitrogens is 1. The van der Waals surface area contributed by atoms with Gasteiger partial charge < -0.3 is 19.3 Å². The standard InChI is InChI=1S/C30H30N4O6/c1-40-25-13-19(10-11-24(25)35)14-30(27(37)31-29(39)34(28(30)38)22-6-3-2-4-7-22)18-32-15-20-12-21(17-32)23-8-5-9-26(36)33(23)16-20/h2-11,13,20-21,35H,12,14-18H2,1H3,(H,31,37,39)/t20-,21+,30-/m0/s1. The number of fused-ring (bicyclic) bond motifs is 4. The van der Waals surface area contributed by atoms with E-state index >= 15 is 0 Å². The zero-order valence-corrected chi connectivity index (χ0v) is 22.1. The molecule has 10 heteroatoms. The number of carbonyl (C=O) groups is 3. The number of carbonyl (C=O) groups excluding carboxylic acids is 3. The Kier molecular flexibility index (Phi) is 6.42. The fourth-order valence-electron chi connectivity index (χ4n) is 6.53. The number of phenolic OH excluding ortho intramolecular Hbond substituents is 1. The molecule has 0 aliphatic carbocycles. The average Bonchev–Trinajstić information content (AvgIpc) is 2.94. The number of piperidine rings is 1. The number of ether oxygens (including phenoxy) is 1. The van der Waals surface area contributed by atoms with Crippen LogP contribution in [-0.4, -0.2) is 59.2 Å². The second-order valence-electron chi connectivity index (χ2n) is 10.9. The highest BCUT2D eigenvalue weighted by molar-refractivity contribution is 6.30. The smallest absolute Gasteiger partial charge is 0.335 e. The Morgan fingerprint density at radius 3 is 2.55 bits per heavy atom. The lowest BCUT2D eigenvalue weighted by Gasteiger charge is -2.47. The maximum atomic E-state index is 14.3. The molecule has 0 spiro atoms. The van der Waals surface area contributed by atoms with Gasteiger partial charge >= 0.3 is 6.03 Å². The van der Waals surface area contributed by atoms with Crippen LogP contribution in [0.25, 0.3) is 0 Å². The molecule has 2 aromatic carbocycles. The topological polar surface area (TPSA) is 121 Å². The molecule has 3 atom stereocenters. The Bertz CT molecular complexity index is 1550. The van der Waals surface area contributed by atoms with Crippen LogP contribution < -0.4 is 20.5 Å². The molecule has 2 N–H and O–H groups in total. The fraction of sp³-hybridized carbons (Fsp3) is 0.333. The second-order valence-corrected chi connectivity index (χ2v) is 10.9. The van der Waals surface area contributed by atoms with Crippen molar-refractivity contribution in [2.24, 2.45) is 11.3 Å². The first-order chi connectivity index (χ1) is 19.3. The molecule has 2 saturated heterocycles. The minimum absolute atomic E-state index is 0.00714. The Hall–Kier alpha value is -4.44. The van der Waals surface area contributed by atoms with Crippen molar-refractivity contribution >= 4 is 23.5 Å². The summed E-state index contributed by atoms with van der Waals surface area (Å²) < 4.78 is 7.11. The minimum Gasteiger partial charge on any atom is -0.504 e. The molecule has 2 fully saturated rings. The maximum absolute atomic E-state index is 14.3. The number of likely N-dealkylation sites (tertiary alicyclic amines) is 1. The van der Waals surface area contributed by atoms with Crippen LogP contribution in [0.3, 0.4) is 0 Å². The summed E-state index contributed by atoms with van der Waals surface area (Å²) >= 11 is 0. The van der Waals surface area contributed by atoms with Crippen molar-refractivity contribution in [3.63, 3.8) is 0 Å². The van der Waals surface area contributed by atoms with Gasteiger partial charge in [0.25, 0.3) is 11.5 Å². The first-order valence-corrected chi connectivity index (χ1v) is 13.3. The van der Waals surface area contributed by atoms with E-state index in [0.29, 0.717) is 30.9 Å². The Balaban J connectivity index is 1.39. The number of aromatic hydroxyl groups is 1. The summed E-state index contributed by atoms with van der Waals surface area (Å²) in [4.78, 5) is 56.8. The van der Waals surface area contributed by atoms with Crippen molar-refractivity contribution in [2.75, 3.05) is 31.6 Å². The molecule has 10 nitrogen and oxygen atoms in total. The number of hydrogen-bond donors (Lipinski definition) is 2. The molecular formula is C30H30N4O6. The van der Waals surface area contributed by atoms with Crippen LogP contribution in [0.4, 0.5) is 10.5 Å². The van der Waals surface area contributed by atoms with Crippen LogP contribution in [-0.2, 0) is 22.6 Å². The maximum Gasteiger partial charge on any atom is 0.335 e. The van der Waals surface area contributed by atoms with E-state index in [0.717, 1.165) is 17.0 Å². The lowest BCUT2D eigenvalue weighted by atomic mass is 9.75. The van der Waals surface area contributed by atoms with Gasteiger partial charge in [0.2, 0.25) is 5.91 Å². The fourth-order valence-corrected chi connectivity index (χ4v) is 6.53. The van der Waals surface area contributed by atoms with Crippen LogP contribution >= 0.6 is 0 Å². The third-order valence-electron chi connectivity index (χ3n) is 8.28. The highest BCUT2D eigenvalue weighted by Gasteiger charge is 2.55. The van der Waals surface area contributed by atoms with E-state index in [9.17, 15) is 24.3 Å². The summed E-state index contributed by atoms with van der Waals surface area (Å²) in [6.07, 6.45) is 0.920. The number of methoxy groups -OCH3 is 1. The van der Waals surface area contributed by atoms with E-state index in [-0.39, 0.29) is 41.9 Å². The zero-order valence-electron chi connectivity index (χ0n) is 22.1. The van der Waals surface area contributed by atoms with Gasteiger partial charge in [-0.3, -0.25) is 19.7 Å². The number of anilines is 1. The molecular weight excluding hydrogens is 512 g/mol. The highest BCUT2D eigenvalue weighted by Crippen LogP contribution is 2.40. The van der Waals surface area contributed by atoms with Crippen LogP contribution in [0.1, 0.15) is 23.6 Å². The number of hydrogen-bond acceptors (Lipinski definition) is 7. The quantitative estimate of drug-likeness (QED) is 0.459. The largest absolute Gasteiger partial charge is 0.504 e. The highest BCUT2D eigenvalue weighted by atomic mass is 16.5. The predicted octanol–water partition coefficient (Wildman–Crippen LogP) is 2.49. The summed E-state index contributed by atoms with van der Waals surface area (Å²) in [6, 6.07) is 17.8. The van der Waals surface area contributed by atoms with Crippen molar-refractivity contribution in [3.05, 3.63) is 88.3 Å². The summed E-state index contributed by atoms with van der Waals surface area (Å²) in [5.41, 5.74) is 0.292. The van der Waals surface area contributed by atoms with Crippen LogP contribution in [0, 0.1) is 11.3 Å². The number of nitrogens with one attached hydrogen (secondary N) is 1. The van der Waals surface area contributed by atoms with Crippen molar-refractivity contribution < 1.29 is 24.2 Å². The van der Waals surface area contributed by atoms with E-state index in [1.165, 1.54) is 13.2 Å². The zero-order chi connectivity index (χ0) is 28.0. The normalized spacial score (nSPS) is 24.4. The first-order valence-electron chi connectivity index (χ1n) is 13.3. The molecule has 206 valence electrons. The van der Waals surface area contributed by atoms with Crippen molar-refractivity contribution in [3.8, 4) is 11.5 Å². The average molecular weight is 543 g/mol. The minimum atomic E-state index is -1.63. The van der Waals surface area contributed by atoms with Gasteiger partial charge in [0, 0.05) is 43.9 Å².